The third-order valence-electron chi connectivity index (χ3n) is 5.53. The molecule has 25 heavy (non-hydrogen) atoms. The van der Waals surface area contributed by atoms with Gasteiger partial charge in [-0.15, -0.1) is 0 Å². The number of nitrogens with one attached hydrogen (secondary N) is 1. The number of fused-ring (bicyclic) bond motifs is 2. The van der Waals surface area contributed by atoms with Gasteiger partial charge in [0, 0.05) is 6.54 Å². The summed E-state index contributed by atoms with van der Waals surface area (Å²) in [6.07, 6.45) is 1.75. The molecule has 2 aliphatic heterocycles. The van der Waals surface area contributed by atoms with Gasteiger partial charge in [-0.2, -0.15) is 0 Å². The van der Waals surface area contributed by atoms with E-state index in [9.17, 15) is 19.5 Å². The molecule has 3 aliphatic rings. The molecular weight excluding hydrogens is 324 g/mol. The van der Waals surface area contributed by atoms with Gasteiger partial charge in [0.05, 0.1) is 12.1 Å². The Hall–Kier alpha value is -2.57. The molecule has 2 fully saturated rings. The maximum absolute atomic E-state index is 12.7. The Morgan fingerprint density at radius 2 is 2.08 bits per heavy atom. The number of carboxylic acid groups (broad SMARTS) is 1. The van der Waals surface area contributed by atoms with Crippen molar-refractivity contribution in [1.82, 2.24) is 4.90 Å². The molecule has 1 saturated carbocycles. The average molecular weight is 344 g/mol. The quantitative estimate of drug-likeness (QED) is 0.866. The summed E-state index contributed by atoms with van der Waals surface area (Å²) >= 11 is 0. The first-order chi connectivity index (χ1) is 12.0. The first-order valence-corrected chi connectivity index (χ1v) is 8.63. The van der Waals surface area contributed by atoms with Crippen molar-refractivity contribution in [3.05, 3.63) is 24.3 Å². The molecule has 1 saturated heterocycles. The zero-order chi connectivity index (χ0) is 17.6. The summed E-state index contributed by atoms with van der Waals surface area (Å²) < 4.78 is 5.66. The first kappa shape index (κ1) is 15.9. The average Bonchev–Trinajstić information content (AvgIpc) is 3.15. The highest BCUT2D eigenvalue weighted by molar-refractivity contribution is 6.00. The standard InChI is InChI=1S/C18H20N2O5/c21-15(20-9-10-4-3-5-11(10)16(20)18(23)24)8-14-17(22)19-12-6-1-2-7-13(12)25-14/h1-2,6-7,10-11,14,16H,3-5,8-9H2,(H,19,22)(H,23,24). The van der Waals surface area contributed by atoms with Crippen LogP contribution in [0.3, 0.4) is 0 Å². The van der Waals surface area contributed by atoms with Crippen LogP contribution in [0.2, 0.25) is 0 Å². The highest BCUT2D eigenvalue weighted by atomic mass is 16.5. The number of hydrogen-bond donors (Lipinski definition) is 2. The van der Waals surface area contributed by atoms with Gasteiger partial charge in [0.1, 0.15) is 11.8 Å². The van der Waals surface area contributed by atoms with Crippen molar-refractivity contribution in [2.24, 2.45) is 11.8 Å². The van der Waals surface area contributed by atoms with Gasteiger partial charge in [0.25, 0.3) is 5.91 Å². The minimum absolute atomic E-state index is 0.0308. The molecule has 0 spiro atoms. The van der Waals surface area contributed by atoms with Crippen LogP contribution in [0.15, 0.2) is 24.3 Å². The van der Waals surface area contributed by atoms with Gasteiger partial charge in [-0.1, -0.05) is 18.6 Å². The summed E-state index contributed by atoms with van der Waals surface area (Å²) in [5.41, 5.74) is 0.579. The van der Waals surface area contributed by atoms with E-state index in [-0.39, 0.29) is 30.1 Å². The van der Waals surface area contributed by atoms with Crippen LogP contribution in [-0.2, 0) is 14.4 Å². The molecule has 2 heterocycles. The second-order valence-electron chi connectivity index (χ2n) is 6.98. The number of likely N-dealkylation sites (tertiary alicyclic amines) is 1. The molecule has 132 valence electrons. The number of carbonyl (C=O) groups is 3. The van der Waals surface area contributed by atoms with Crippen molar-refractivity contribution >= 4 is 23.5 Å². The second-order valence-corrected chi connectivity index (χ2v) is 6.98. The lowest BCUT2D eigenvalue weighted by Gasteiger charge is -2.29. The third kappa shape index (κ3) is 2.73. The largest absolute Gasteiger partial charge is 0.480 e. The number of rotatable bonds is 3. The van der Waals surface area contributed by atoms with E-state index in [0.717, 1.165) is 19.3 Å². The Morgan fingerprint density at radius 1 is 1.28 bits per heavy atom. The zero-order valence-electron chi connectivity index (χ0n) is 13.7. The van der Waals surface area contributed by atoms with E-state index in [4.69, 9.17) is 4.74 Å². The summed E-state index contributed by atoms with van der Waals surface area (Å²) in [5.74, 6) is -0.857. The van der Waals surface area contributed by atoms with Crippen LogP contribution in [0, 0.1) is 11.8 Å². The van der Waals surface area contributed by atoms with E-state index in [0.29, 0.717) is 18.0 Å². The first-order valence-electron chi connectivity index (χ1n) is 8.63. The van der Waals surface area contributed by atoms with Crippen LogP contribution in [0.25, 0.3) is 0 Å². The van der Waals surface area contributed by atoms with Gasteiger partial charge in [-0.3, -0.25) is 9.59 Å². The minimum Gasteiger partial charge on any atom is -0.480 e. The van der Waals surface area contributed by atoms with Crippen molar-refractivity contribution in [2.75, 3.05) is 11.9 Å². The van der Waals surface area contributed by atoms with E-state index < -0.39 is 18.1 Å². The predicted molar refractivity (Wildman–Crippen MR) is 88.1 cm³/mol. The fourth-order valence-electron chi connectivity index (χ4n) is 4.38. The molecule has 2 N–H and O–H groups in total. The number of ether oxygens (including phenoxy) is 1. The van der Waals surface area contributed by atoms with E-state index in [1.54, 1.807) is 24.3 Å². The number of nitrogens with zero attached hydrogens (tertiary/aromatic N) is 1. The summed E-state index contributed by atoms with van der Waals surface area (Å²) in [5, 5.41) is 12.3. The number of benzene rings is 1. The van der Waals surface area contributed by atoms with Crippen molar-refractivity contribution in [3.63, 3.8) is 0 Å². The zero-order valence-corrected chi connectivity index (χ0v) is 13.7. The Labute approximate surface area is 144 Å². The van der Waals surface area contributed by atoms with E-state index >= 15 is 0 Å². The fraction of sp³-hybridized carbons (Fsp3) is 0.500. The van der Waals surface area contributed by atoms with Crippen LogP contribution in [0.4, 0.5) is 5.69 Å². The minimum atomic E-state index is -0.956. The highest BCUT2D eigenvalue weighted by Crippen LogP contribution is 2.42. The van der Waals surface area contributed by atoms with Crippen molar-refractivity contribution < 1.29 is 24.2 Å². The molecule has 4 atom stereocenters. The number of hydrogen-bond acceptors (Lipinski definition) is 4. The maximum Gasteiger partial charge on any atom is 0.326 e. The molecule has 4 rings (SSSR count). The predicted octanol–water partition coefficient (Wildman–Crippen LogP) is 1.49. The molecule has 1 aromatic rings. The monoisotopic (exact) mass is 344 g/mol. The smallest absolute Gasteiger partial charge is 0.326 e. The second kappa shape index (κ2) is 6.06. The van der Waals surface area contributed by atoms with Gasteiger partial charge < -0.3 is 20.1 Å². The van der Waals surface area contributed by atoms with Crippen molar-refractivity contribution in [3.8, 4) is 5.75 Å². The van der Waals surface area contributed by atoms with Gasteiger partial charge >= 0.3 is 5.97 Å². The Morgan fingerprint density at radius 3 is 2.88 bits per heavy atom. The van der Waals surface area contributed by atoms with Gasteiger partial charge in [0.15, 0.2) is 6.10 Å². The number of carbonyl (C=O) groups excluding carboxylic acids is 2. The number of carboxylic acids is 1. The summed E-state index contributed by atoms with van der Waals surface area (Å²) in [7, 11) is 0. The molecule has 0 radical (unpaired) electrons. The lowest BCUT2D eigenvalue weighted by atomic mass is 9.94. The summed E-state index contributed by atoms with van der Waals surface area (Å²) in [6.45, 7) is 0.464. The lowest BCUT2D eigenvalue weighted by Crippen LogP contribution is -2.47. The Kier molecular flexibility index (Phi) is 3.86. The van der Waals surface area contributed by atoms with Crippen LogP contribution in [0.1, 0.15) is 25.7 Å². The molecule has 1 aromatic carbocycles. The van der Waals surface area contributed by atoms with E-state index in [1.165, 1.54) is 4.90 Å². The van der Waals surface area contributed by atoms with Crippen LogP contribution < -0.4 is 10.1 Å². The van der Waals surface area contributed by atoms with Crippen LogP contribution >= 0.6 is 0 Å². The number of para-hydroxylation sites is 2. The Bertz CT molecular complexity index is 734. The number of anilines is 1. The maximum atomic E-state index is 12.7. The van der Waals surface area contributed by atoms with E-state index in [1.807, 2.05) is 0 Å². The van der Waals surface area contributed by atoms with Crippen molar-refractivity contribution in [2.45, 2.75) is 37.8 Å². The lowest BCUT2D eigenvalue weighted by molar-refractivity contribution is -0.150. The highest BCUT2D eigenvalue weighted by Gasteiger charge is 2.50. The molecule has 1 aliphatic carbocycles. The summed E-state index contributed by atoms with van der Waals surface area (Å²) in [6, 6.07) is 6.25. The normalized spacial score (nSPS) is 30.2. The summed E-state index contributed by atoms with van der Waals surface area (Å²) in [4.78, 5) is 38.0. The van der Waals surface area contributed by atoms with Crippen LogP contribution in [-0.4, -0.2) is 46.5 Å². The third-order valence-corrected chi connectivity index (χ3v) is 5.53. The van der Waals surface area contributed by atoms with E-state index in [2.05, 4.69) is 5.32 Å². The molecule has 4 unspecified atom stereocenters. The van der Waals surface area contributed by atoms with Gasteiger partial charge in [-0.05, 0) is 36.8 Å². The van der Waals surface area contributed by atoms with Crippen molar-refractivity contribution in [1.29, 1.82) is 0 Å². The van der Waals surface area contributed by atoms with Crippen LogP contribution in [0.5, 0.6) is 5.75 Å². The molecule has 0 bridgehead atoms. The Balaban J connectivity index is 1.48. The number of aliphatic carboxylic acids is 1. The number of amides is 2. The van der Waals surface area contributed by atoms with Gasteiger partial charge in [-0.25, -0.2) is 4.79 Å². The SMILES string of the molecule is O=C1Nc2ccccc2OC1CC(=O)N1CC2CCCC2C1C(=O)O. The molecular formula is C18H20N2O5. The molecule has 0 aromatic heterocycles. The molecule has 7 heteroatoms. The fourth-order valence-corrected chi connectivity index (χ4v) is 4.38. The molecule has 2 amide bonds. The topological polar surface area (TPSA) is 95.9 Å². The van der Waals surface area contributed by atoms with Gasteiger partial charge in [0.2, 0.25) is 5.91 Å². The molecule has 7 nitrogen and oxygen atoms in total.